The first-order chi connectivity index (χ1) is 9.29. The smallest absolute Gasteiger partial charge is 0.148 e. The van der Waals surface area contributed by atoms with E-state index in [1.54, 1.807) is 0 Å². The molecule has 0 aliphatic rings. The molecular formula is C15H20N4. The van der Waals surface area contributed by atoms with Crippen LogP contribution in [0.25, 0.3) is 11.3 Å². The van der Waals surface area contributed by atoms with E-state index in [4.69, 9.17) is 0 Å². The number of benzene rings is 1. The van der Waals surface area contributed by atoms with Crippen LogP contribution in [0.2, 0.25) is 0 Å². The number of aromatic nitrogens is 2. The van der Waals surface area contributed by atoms with Gasteiger partial charge in [-0.25, -0.2) is 0 Å². The maximum atomic E-state index is 4.25. The summed E-state index contributed by atoms with van der Waals surface area (Å²) in [5.41, 5.74) is 3.25. The van der Waals surface area contributed by atoms with E-state index in [9.17, 15) is 0 Å². The van der Waals surface area contributed by atoms with Crippen LogP contribution in [0.1, 0.15) is 12.0 Å². The Morgan fingerprint density at radius 2 is 1.74 bits per heavy atom. The Morgan fingerprint density at radius 1 is 0.947 bits per heavy atom. The van der Waals surface area contributed by atoms with Gasteiger partial charge < -0.3 is 10.6 Å². The molecule has 2 aromatic rings. The summed E-state index contributed by atoms with van der Waals surface area (Å²) in [6, 6.07) is 12.3. The SMILES string of the molecule is CNCCCNc1ccc(-c2ccc(C)cc2)nn1. The molecule has 1 aromatic carbocycles. The van der Waals surface area contributed by atoms with Crippen LogP contribution in [0.15, 0.2) is 36.4 Å². The second kappa shape index (κ2) is 6.85. The highest BCUT2D eigenvalue weighted by molar-refractivity contribution is 5.59. The fourth-order valence-corrected chi connectivity index (χ4v) is 1.79. The lowest BCUT2D eigenvalue weighted by Crippen LogP contribution is -2.13. The topological polar surface area (TPSA) is 49.8 Å². The molecule has 19 heavy (non-hydrogen) atoms. The zero-order valence-corrected chi connectivity index (χ0v) is 11.5. The van der Waals surface area contributed by atoms with Gasteiger partial charge in [0.1, 0.15) is 5.82 Å². The van der Waals surface area contributed by atoms with E-state index in [-0.39, 0.29) is 0 Å². The third-order valence-electron chi connectivity index (χ3n) is 2.92. The average Bonchev–Trinajstić information content (AvgIpc) is 2.45. The predicted molar refractivity (Wildman–Crippen MR) is 79.2 cm³/mol. The van der Waals surface area contributed by atoms with E-state index in [0.717, 1.165) is 36.6 Å². The average molecular weight is 256 g/mol. The van der Waals surface area contributed by atoms with E-state index in [1.165, 1.54) is 5.56 Å². The van der Waals surface area contributed by atoms with E-state index in [0.29, 0.717) is 0 Å². The van der Waals surface area contributed by atoms with E-state index in [2.05, 4.69) is 52.0 Å². The Balaban J connectivity index is 1.96. The molecule has 0 atom stereocenters. The lowest BCUT2D eigenvalue weighted by molar-refractivity contribution is 0.746. The third-order valence-corrected chi connectivity index (χ3v) is 2.92. The summed E-state index contributed by atoms with van der Waals surface area (Å²) in [6.07, 6.45) is 1.07. The highest BCUT2D eigenvalue weighted by Gasteiger charge is 2.00. The van der Waals surface area contributed by atoms with Gasteiger partial charge in [-0.1, -0.05) is 29.8 Å². The normalized spacial score (nSPS) is 10.4. The van der Waals surface area contributed by atoms with Crippen LogP contribution >= 0.6 is 0 Å². The maximum absolute atomic E-state index is 4.25. The van der Waals surface area contributed by atoms with Crippen LogP contribution in [-0.4, -0.2) is 30.3 Å². The summed E-state index contributed by atoms with van der Waals surface area (Å²) in [7, 11) is 1.95. The molecule has 0 unspecified atom stereocenters. The summed E-state index contributed by atoms with van der Waals surface area (Å²) >= 11 is 0. The fourth-order valence-electron chi connectivity index (χ4n) is 1.79. The van der Waals surface area contributed by atoms with Gasteiger partial charge in [0.15, 0.2) is 0 Å². The minimum atomic E-state index is 0.826. The van der Waals surface area contributed by atoms with Crippen LogP contribution < -0.4 is 10.6 Å². The van der Waals surface area contributed by atoms with E-state index >= 15 is 0 Å². The Morgan fingerprint density at radius 3 is 2.37 bits per heavy atom. The number of hydrogen-bond donors (Lipinski definition) is 2. The molecule has 0 aliphatic heterocycles. The number of nitrogens with zero attached hydrogens (tertiary/aromatic N) is 2. The molecule has 0 spiro atoms. The molecule has 0 saturated carbocycles. The van der Waals surface area contributed by atoms with Crippen molar-refractivity contribution < 1.29 is 0 Å². The fraction of sp³-hybridized carbons (Fsp3) is 0.333. The summed E-state index contributed by atoms with van der Waals surface area (Å²) < 4.78 is 0. The zero-order valence-electron chi connectivity index (χ0n) is 11.5. The van der Waals surface area contributed by atoms with Crippen molar-refractivity contribution in [1.82, 2.24) is 15.5 Å². The van der Waals surface area contributed by atoms with Gasteiger partial charge in [-0.05, 0) is 39.1 Å². The molecular weight excluding hydrogens is 236 g/mol. The van der Waals surface area contributed by atoms with Crippen LogP contribution in [0.4, 0.5) is 5.82 Å². The molecule has 0 amide bonds. The van der Waals surface area contributed by atoms with Crippen molar-refractivity contribution in [1.29, 1.82) is 0 Å². The van der Waals surface area contributed by atoms with Crippen LogP contribution in [0.5, 0.6) is 0 Å². The standard InChI is InChI=1S/C15H20N4/c1-12-4-6-13(7-5-12)14-8-9-15(19-18-14)17-11-3-10-16-2/h4-9,16H,3,10-11H2,1-2H3,(H,17,19). The first kappa shape index (κ1) is 13.5. The van der Waals surface area contributed by atoms with Gasteiger partial charge in [-0.15, -0.1) is 10.2 Å². The molecule has 100 valence electrons. The van der Waals surface area contributed by atoms with Gasteiger partial charge in [0, 0.05) is 12.1 Å². The summed E-state index contributed by atoms with van der Waals surface area (Å²) in [6.45, 7) is 3.98. The number of rotatable bonds is 6. The van der Waals surface area contributed by atoms with Crippen LogP contribution in [-0.2, 0) is 0 Å². The molecule has 1 heterocycles. The van der Waals surface area contributed by atoms with Gasteiger partial charge in [-0.3, -0.25) is 0 Å². The van der Waals surface area contributed by atoms with Crippen molar-refractivity contribution in [2.45, 2.75) is 13.3 Å². The van der Waals surface area contributed by atoms with Crippen LogP contribution in [0, 0.1) is 6.92 Å². The first-order valence-electron chi connectivity index (χ1n) is 6.59. The molecule has 0 fully saturated rings. The Hall–Kier alpha value is -1.94. The zero-order chi connectivity index (χ0) is 13.5. The summed E-state index contributed by atoms with van der Waals surface area (Å²) in [5.74, 6) is 0.826. The largest absolute Gasteiger partial charge is 0.369 e. The highest BCUT2D eigenvalue weighted by Crippen LogP contribution is 2.17. The van der Waals surface area contributed by atoms with Crippen molar-refractivity contribution in [3.8, 4) is 11.3 Å². The predicted octanol–water partition coefficient (Wildman–Crippen LogP) is 2.47. The van der Waals surface area contributed by atoms with Gasteiger partial charge in [0.25, 0.3) is 0 Å². The van der Waals surface area contributed by atoms with Gasteiger partial charge >= 0.3 is 0 Å². The lowest BCUT2D eigenvalue weighted by Gasteiger charge is -2.05. The second-order valence-corrected chi connectivity index (χ2v) is 4.55. The molecule has 4 nitrogen and oxygen atoms in total. The van der Waals surface area contributed by atoms with Crippen molar-refractivity contribution in [3.63, 3.8) is 0 Å². The van der Waals surface area contributed by atoms with Crippen molar-refractivity contribution in [3.05, 3.63) is 42.0 Å². The number of nitrogens with one attached hydrogen (secondary N) is 2. The molecule has 0 bridgehead atoms. The molecule has 2 N–H and O–H groups in total. The summed E-state index contributed by atoms with van der Waals surface area (Å²) in [4.78, 5) is 0. The minimum absolute atomic E-state index is 0.826. The van der Waals surface area contributed by atoms with Gasteiger partial charge in [0.2, 0.25) is 0 Å². The summed E-state index contributed by atoms with van der Waals surface area (Å²) in [5, 5.41) is 14.8. The number of hydrogen-bond acceptors (Lipinski definition) is 4. The number of anilines is 1. The van der Waals surface area contributed by atoms with Gasteiger partial charge in [0.05, 0.1) is 5.69 Å². The maximum Gasteiger partial charge on any atom is 0.148 e. The quantitative estimate of drug-likeness (QED) is 0.780. The molecule has 1 aromatic heterocycles. The number of aryl methyl sites for hydroxylation is 1. The van der Waals surface area contributed by atoms with Crippen molar-refractivity contribution in [2.24, 2.45) is 0 Å². The molecule has 4 heteroatoms. The van der Waals surface area contributed by atoms with Crippen LogP contribution in [0.3, 0.4) is 0 Å². The molecule has 0 saturated heterocycles. The van der Waals surface area contributed by atoms with Crippen molar-refractivity contribution >= 4 is 5.82 Å². The third kappa shape index (κ3) is 4.03. The Labute approximate surface area is 114 Å². The molecule has 2 rings (SSSR count). The van der Waals surface area contributed by atoms with E-state index in [1.807, 2.05) is 19.2 Å². The lowest BCUT2D eigenvalue weighted by atomic mass is 10.1. The minimum Gasteiger partial charge on any atom is -0.369 e. The van der Waals surface area contributed by atoms with E-state index < -0.39 is 0 Å². The second-order valence-electron chi connectivity index (χ2n) is 4.55. The Kier molecular flexibility index (Phi) is 4.86. The molecule has 0 aliphatic carbocycles. The first-order valence-corrected chi connectivity index (χ1v) is 6.59. The highest BCUT2D eigenvalue weighted by atomic mass is 15.2. The van der Waals surface area contributed by atoms with Crippen molar-refractivity contribution in [2.75, 3.05) is 25.5 Å². The monoisotopic (exact) mass is 256 g/mol. The Bertz CT molecular complexity index is 491. The van der Waals surface area contributed by atoms with Gasteiger partial charge in [-0.2, -0.15) is 0 Å². The molecule has 0 radical (unpaired) electrons.